The standard InChI is InChI=1S/C18H17N3O/c1-20(13-15-8-4-2-5-9-15)18(22)16-12-19-21(14-16)17-10-6-3-7-11-17/h2-12,14H,13H2,1H3. The number of para-hydroxylation sites is 1. The molecule has 3 aromatic rings. The Morgan fingerprint density at radius 1 is 1.05 bits per heavy atom. The summed E-state index contributed by atoms with van der Waals surface area (Å²) in [6.45, 7) is 0.580. The summed E-state index contributed by atoms with van der Waals surface area (Å²) in [5.74, 6) is -0.0361. The van der Waals surface area contributed by atoms with Crippen molar-refractivity contribution in [1.29, 1.82) is 0 Å². The maximum atomic E-state index is 12.5. The first-order valence-electron chi connectivity index (χ1n) is 7.13. The molecule has 1 aromatic heterocycles. The van der Waals surface area contributed by atoms with E-state index in [4.69, 9.17) is 0 Å². The lowest BCUT2D eigenvalue weighted by atomic mass is 10.2. The lowest BCUT2D eigenvalue weighted by molar-refractivity contribution is 0.0785. The molecule has 0 bridgehead atoms. The quantitative estimate of drug-likeness (QED) is 0.740. The molecule has 4 nitrogen and oxygen atoms in total. The summed E-state index contributed by atoms with van der Waals surface area (Å²) < 4.78 is 1.71. The van der Waals surface area contributed by atoms with E-state index in [1.807, 2.05) is 60.7 Å². The van der Waals surface area contributed by atoms with E-state index in [2.05, 4.69) is 5.10 Å². The Kier molecular flexibility index (Phi) is 4.01. The first-order valence-corrected chi connectivity index (χ1v) is 7.13. The van der Waals surface area contributed by atoms with Crippen LogP contribution in [0.1, 0.15) is 15.9 Å². The van der Waals surface area contributed by atoms with Gasteiger partial charge in [-0.3, -0.25) is 4.79 Å². The van der Waals surface area contributed by atoms with Crippen molar-refractivity contribution in [3.05, 3.63) is 84.2 Å². The van der Waals surface area contributed by atoms with E-state index in [-0.39, 0.29) is 5.91 Å². The molecule has 0 radical (unpaired) electrons. The largest absolute Gasteiger partial charge is 0.337 e. The monoisotopic (exact) mass is 291 g/mol. The molecule has 0 unspecified atom stereocenters. The summed E-state index contributed by atoms with van der Waals surface area (Å²) in [4.78, 5) is 14.2. The van der Waals surface area contributed by atoms with E-state index < -0.39 is 0 Å². The zero-order chi connectivity index (χ0) is 15.4. The van der Waals surface area contributed by atoms with Gasteiger partial charge in [0.05, 0.1) is 17.4 Å². The van der Waals surface area contributed by atoms with Crippen molar-refractivity contribution >= 4 is 5.91 Å². The molecule has 0 saturated carbocycles. The third-order valence-electron chi connectivity index (χ3n) is 3.46. The van der Waals surface area contributed by atoms with Gasteiger partial charge in [0.1, 0.15) is 0 Å². The highest BCUT2D eigenvalue weighted by Gasteiger charge is 2.14. The summed E-state index contributed by atoms with van der Waals surface area (Å²) in [6.07, 6.45) is 3.37. The summed E-state index contributed by atoms with van der Waals surface area (Å²) in [5.41, 5.74) is 2.63. The molecule has 0 N–H and O–H groups in total. The van der Waals surface area contributed by atoms with Crippen molar-refractivity contribution < 1.29 is 4.79 Å². The molecule has 0 aliphatic carbocycles. The minimum atomic E-state index is -0.0361. The number of rotatable bonds is 4. The highest BCUT2D eigenvalue weighted by Crippen LogP contribution is 2.11. The van der Waals surface area contributed by atoms with E-state index in [0.29, 0.717) is 12.1 Å². The second-order valence-corrected chi connectivity index (χ2v) is 5.16. The van der Waals surface area contributed by atoms with E-state index in [0.717, 1.165) is 11.3 Å². The Hall–Kier alpha value is -2.88. The molecule has 1 amide bonds. The van der Waals surface area contributed by atoms with Crippen LogP contribution >= 0.6 is 0 Å². The topological polar surface area (TPSA) is 38.1 Å². The number of aromatic nitrogens is 2. The third kappa shape index (κ3) is 3.06. The maximum Gasteiger partial charge on any atom is 0.257 e. The summed E-state index contributed by atoms with van der Waals surface area (Å²) in [6, 6.07) is 19.7. The lowest BCUT2D eigenvalue weighted by Gasteiger charge is -2.16. The lowest BCUT2D eigenvalue weighted by Crippen LogP contribution is -2.25. The summed E-state index contributed by atoms with van der Waals surface area (Å²) in [7, 11) is 1.80. The van der Waals surface area contributed by atoms with Gasteiger partial charge < -0.3 is 4.90 Å². The molecule has 3 rings (SSSR count). The van der Waals surface area contributed by atoms with E-state index >= 15 is 0 Å². The smallest absolute Gasteiger partial charge is 0.257 e. The first-order chi connectivity index (χ1) is 10.7. The highest BCUT2D eigenvalue weighted by molar-refractivity contribution is 5.93. The molecule has 0 saturated heterocycles. The number of carbonyl (C=O) groups is 1. The zero-order valence-electron chi connectivity index (χ0n) is 12.4. The van der Waals surface area contributed by atoms with E-state index in [1.54, 1.807) is 29.0 Å². The van der Waals surface area contributed by atoms with E-state index in [9.17, 15) is 4.79 Å². The van der Waals surface area contributed by atoms with Crippen LogP contribution in [0.5, 0.6) is 0 Å². The SMILES string of the molecule is CN(Cc1ccccc1)C(=O)c1cnn(-c2ccccc2)c1. The van der Waals surface area contributed by atoms with Crippen LogP contribution in [-0.4, -0.2) is 27.6 Å². The Balaban J connectivity index is 1.74. The molecular formula is C18H17N3O. The second kappa shape index (κ2) is 6.26. The fraction of sp³-hybridized carbons (Fsp3) is 0.111. The molecule has 2 aromatic carbocycles. The molecule has 0 aliphatic rings. The van der Waals surface area contributed by atoms with Crippen LogP contribution in [0.4, 0.5) is 0 Å². The maximum absolute atomic E-state index is 12.5. The van der Waals surface area contributed by atoms with Gasteiger partial charge in [-0.05, 0) is 17.7 Å². The Morgan fingerprint density at radius 3 is 2.36 bits per heavy atom. The second-order valence-electron chi connectivity index (χ2n) is 5.16. The van der Waals surface area contributed by atoms with Gasteiger partial charge in [0, 0.05) is 19.8 Å². The van der Waals surface area contributed by atoms with Crippen molar-refractivity contribution in [1.82, 2.24) is 14.7 Å². The predicted octanol–water partition coefficient (Wildman–Crippen LogP) is 3.14. The molecule has 110 valence electrons. The number of carbonyl (C=O) groups excluding carboxylic acids is 1. The van der Waals surface area contributed by atoms with Gasteiger partial charge in [0.25, 0.3) is 5.91 Å². The van der Waals surface area contributed by atoms with Crippen molar-refractivity contribution in [3.63, 3.8) is 0 Å². The van der Waals surface area contributed by atoms with Gasteiger partial charge >= 0.3 is 0 Å². The van der Waals surface area contributed by atoms with Crippen LogP contribution in [0.15, 0.2) is 73.1 Å². The number of benzene rings is 2. The van der Waals surface area contributed by atoms with Crippen molar-refractivity contribution in [2.24, 2.45) is 0 Å². The van der Waals surface area contributed by atoms with Crippen molar-refractivity contribution in [2.45, 2.75) is 6.54 Å². The molecule has 0 aliphatic heterocycles. The average molecular weight is 291 g/mol. The molecule has 0 fully saturated rings. The highest BCUT2D eigenvalue weighted by atomic mass is 16.2. The molecular weight excluding hydrogens is 274 g/mol. The van der Waals surface area contributed by atoms with Crippen LogP contribution < -0.4 is 0 Å². The van der Waals surface area contributed by atoms with Gasteiger partial charge in [0.15, 0.2) is 0 Å². The fourth-order valence-electron chi connectivity index (χ4n) is 2.30. The number of amides is 1. The van der Waals surface area contributed by atoms with Gasteiger partial charge in [-0.2, -0.15) is 5.10 Å². The number of nitrogens with zero attached hydrogens (tertiary/aromatic N) is 3. The molecule has 0 spiro atoms. The Morgan fingerprint density at radius 2 is 1.68 bits per heavy atom. The molecule has 0 atom stereocenters. The first kappa shape index (κ1) is 14.1. The Bertz CT molecular complexity index is 750. The molecule has 22 heavy (non-hydrogen) atoms. The van der Waals surface area contributed by atoms with Gasteiger partial charge in [-0.25, -0.2) is 4.68 Å². The zero-order valence-corrected chi connectivity index (χ0v) is 12.4. The average Bonchev–Trinajstić information content (AvgIpc) is 3.06. The normalized spacial score (nSPS) is 10.4. The Labute approximate surface area is 129 Å². The van der Waals surface area contributed by atoms with Crippen LogP contribution in [0.3, 0.4) is 0 Å². The van der Waals surface area contributed by atoms with Crippen molar-refractivity contribution in [2.75, 3.05) is 7.05 Å². The summed E-state index contributed by atoms with van der Waals surface area (Å²) >= 11 is 0. The van der Waals surface area contributed by atoms with Gasteiger partial charge in [0.2, 0.25) is 0 Å². The third-order valence-corrected chi connectivity index (χ3v) is 3.46. The van der Waals surface area contributed by atoms with Gasteiger partial charge in [-0.15, -0.1) is 0 Å². The molecule has 4 heteroatoms. The van der Waals surface area contributed by atoms with Crippen LogP contribution in [-0.2, 0) is 6.54 Å². The number of hydrogen-bond acceptors (Lipinski definition) is 2. The van der Waals surface area contributed by atoms with Crippen molar-refractivity contribution in [3.8, 4) is 5.69 Å². The fourth-order valence-corrected chi connectivity index (χ4v) is 2.30. The minimum Gasteiger partial charge on any atom is -0.337 e. The molecule has 1 heterocycles. The van der Waals surface area contributed by atoms with Gasteiger partial charge in [-0.1, -0.05) is 48.5 Å². The van der Waals surface area contributed by atoms with Crippen LogP contribution in [0.25, 0.3) is 5.69 Å². The minimum absolute atomic E-state index is 0.0361. The van der Waals surface area contributed by atoms with Crippen LogP contribution in [0.2, 0.25) is 0 Å². The number of hydrogen-bond donors (Lipinski definition) is 0. The van der Waals surface area contributed by atoms with E-state index in [1.165, 1.54) is 0 Å². The predicted molar refractivity (Wildman–Crippen MR) is 85.8 cm³/mol. The summed E-state index contributed by atoms with van der Waals surface area (Å²) in [5, 5.41) is 4.27. The van der Waals surface area contributed by atoms with Crippen LogP contribution in [0, 0.1) is 0 Å².